The minimum atomic E-state index is -0.455. The minimum Gasteiger partial charge on any atom is -0.497 e. The van der Waals surface area contributed by atoms with Crippen LogP contribution in [0.15, 0.2) is 54.6 Å². The van der Waals surface area contributed by atoms with E-state index >= 15 is 0 Å². The highest BCUT2D eigenvalue weighted by Gasteiger charge is 2.20. The van der Waals surface area contributed by atoms with Crippen LogP contribution < -0.4 is 15.4 Å². The van der Waals surface area contributed by atoms with E-state index in [0.29, 0.717) is 5.69 Å². The molecule has 0 radical (unpaired) electrons. The Morgan fingerprint density at radius 3 is 2.20 bits per heavy atom. The van der Waals surface area contributed by atoms with Crippen molar-refractivity contribution in [3.63, 3.8) is 0 Å². The van der Waals surface area contributed by atoms with Gasteiger partial charge in [-0.1, -0.05) is 18.2 Å². The molecular formula is C19H23N3O3. The van der Waals surface area contributed by atoms with E-state index in [2.05, 4.69) is 10.6 Å². The lowest BCUT2D eigenvalue weighted by Gasteiger charge is -2.23. The van der Waals surface area contributed by atoms with Crippen LogP contribution in [0.5, 0.6) is 5.75 Å². The highest BCUT2D eigenvalue weighted by Crippen LogP contribution is 2.15. The fraction of sp³-hybridized carbons (Fsp3) is 0.263. The van der Waals surface area contributed by atoms with E-state index in [1.165, 1.54) is 0 Å². The first-order chi connectivity index (χ1) is 12.0. The zero-order valence-corrected chi connectivity index (χ0v) is 14.7. The number of nitrogens with zero attached hydrogens (tertiary/aromatic N) is 1. The number of para-hydroxylation sites is 1. The monoisotopic (exact) mass is 341 g/mol. The maximum atomic E-state index is 12.3. The Kier molecular flexibility index (Phi) is 6.54. The predicted molar refractivity (Wildman–Crippen MR) is 98.8 cm³/mol. The van der Waals surface area contributed by atoms with Gasteiger partial charge in [-0.15, -0.1) is 0 Å². The van der Waals surface area contributed by atoms with E-state index in [1.807, 2.05) is 30.3 Å². The van der Waals surface area contributed by atoms with Gasteiger partial charge in [-0.05, 0) is 50.4 Å². The second-order valence-corrected chi connectivity index (χ2v) is 5.72. The molecule has 0 fully saturated rings. The third-order valence-electron chi connectivity index (χ3n) is 3.85. The zero-order chi connectivity index (χ0) is 18.2. The molecule has 2 N–H and O–H groups in total. The lowest BCUT2D eigenvalue weighted by atomic mass is 10.2. The molecule has 132 valence electrons. The topological polar surface area (TPSA) is 70.7 Å². The molecule has 0 saturated carbocycles. The Hall–Kier alpha value is -2.86. The summed E-state index contributed by atoms with van der Waals surface area (Å²) in [4.78, 5) is 26.1. The molecule has 0 heterocycles. The van der Waals surface area contributed by atoms with Crippen molar-refractivity contribution in [2.24, 2.45) is 0 Å². The summed E-state index contributed by atoms with van der Waals surface area (Å²) in [5.41, 5.74) is 1.41. The van der Waals surface area contributed by atoms with Crippen LogP contribution in [0.1, 0.15) is 6.92 Å². The second kappa shape index (κ2) is 8.84. The second-order valence-electron chi connectivity index (χ2n) is 5.72. The van der Waals surface area contributed by atoms with Crippen molar-refractivity contribution in [2.45, 2.75) is 13.0 Å². The van der Waals surface area contributed by atoms with E-state index in [-0.39, 0.29) is 18.4 Å². The van der Waals surface area contributed by atoms with Crippen molar-refractivity contribution in [1.29, 1.82) is 0 Å². The van der Waals surface area contributed by atoms with Gasteiger partial charge < -0.3 is 15.4 Å². The number of hydrogen-bond donors (Lipinski definition) is 2. The molecule has 0 bridgehead atoms. The summed E-state index contributed by atoms with van der Waals surface area (Å²) in [5, 5.41) is 5.63. The number of rotatable bonds is 7. The quantitative estimate of drug-likeness (QED) is 0.812. The van der Waals surface area contributed by atoms with Gasteiger partial charge in [0.25, 0.3) is 0 Å². The molecule has 2 aromatic carbocycles. The van der Waals surface area contributed by atoms with Crippen molar-refractivity contribution in [2.75, 3.05) is 31.3 Å². The molecule has 25 heavy (non-hydrogen) atoms. The fourth-order valence-electron chi connectivity index (χ4n) is 2.21. The van der Waals surface area contributed by atoms with Crippen LogP contribution in [-0.2, 0) is 9.59 Å². The van der Waals surface area contributed by atoms with Gasteiger partial charge in [0.05, 0.1) is 19.7 Å². The number of ether oxygens (including phenoxy) is 1. The van der Waals surface area contributed by atoms with Crippen LogP contribution in [0, 0.1) is 0 Å². The Labute approximate surface area is 147 Å². The number of likely N-dealkylation sites (N-methyl/N-ethyl adjacent to an activating group) is 1. The van der Waals surface area contributed by atoms with E-state index < -0.39 is 6.04 Å². The van der Waals surface area contributed by atoms with Crippen molar-refractivity contribution in [3.05, 3.63) is 54.6 Å². The van der Waals surface area contributed by atoms with Crippen LogP contribution in [0.25, 0.3) is 0 Å². The van der Waals surface area contributed by atoms with Gasteiger partial charge >= 0.3 is 0 Å². The largest absolute Gasteiger partial charge is 0.497 e. The maximum absolute atomic E-state index is 12.3. The smallest absolute Gasteiger partial charge is 0.241 e. The first-order valence-corrected chi connectivity index (χ1v) is 7.99. The molecular weight excluding hydrogens is 318 g/mol. The molecule has 6 heteroatoms. The van der Waals surface area contributed by atoms with E-state index in [4.69, 9.17) is 4.74 Å². The number of carbonyl (C=O) groups excluding carboxylic acids is 2. The van der Waals surface area contributed by atoms with Gasteiger partial charge in [0.1, 0.15) is 5.75 Å². The molecule has 0 aliphatic rings. The zero-order valence-electron chi connectivity index (χ0n) is 14.7. The maximum Gasteiger partial charge on any atom is 0.241 e. The molecule has 1 atom stereocenters. The molecule has 2 aromatic rings. The van der Waals surface area contributed by atoms with E-state index in [1.54, 1.807) is 50.2 Å². The minimum absolute atomic E-state index is 0.117. The highest BCUT2D eigenvalue weighted by atomic mass is 16.5. The first kappa shape index (κ1) is 18.5. The Morgan fingerprint density at radius 2 is 1.60 bits per heavy atom. The van der Waals surface area contributed by atoms with Gasteiger partial charge in [0.2, 0.25) is 11.8 Å². The van der Waals surface area contributed by atoms with Crippen LogP contribution in [0.4, 0.5) is 11.4 Å². The molecule has 1 unspecified atom stereocenters. The number of hydrogen-bond acceptors (Lipinski definition) is 4. The highest BCUT2D eigenvalue weighted by molar-refractivity contribution is 5.96. The number of anilines is 2. The summed E-state index contributed by atoms with van der Waals surface area (Å²) in [6.07, 6.45) is 0. The SMILES string of the molecule is COc1ccc(NC(=O)C(C)N(C)CC(=O)Nc2ccccc2)cc1. The fourth-order valence-corrected chi connectivity index (χ4v) is 2.21. The summed E-state index contributed by atoms with van der Waals surface area (Å²) in [6.45, 7) is 1.88. The summed E-state index contributed by atoms with van der Waals surface area (Å²) < 4.78 is 5.09. The first-order valence-electron chi connectivity index (χ1n) is 7.99. The van der Waals surface area contributed by atoms with Crippen molar-refractivity contribution in [3.8, 4) is 5.75 Å². The number of methoxy groups -OCH3 is 1. The molecule has 0 saturated heterocycles. The van der Waals surface area contributed by atoms with Crippen molar-refractivity contribution in [1.82, 2.24) is 4.90 Å². The predicted octanol–water partition coefficient (Wildman–Crippen LogP) is 2.59. The third-order valence-corrected chi connectivity index (χ3v) is 3.85. The molecule has 0 aromatic heterocycles. The normalized spacial score (nSPS) is 11.7. The molecule has 0 spiro atoms. The van der Waals surface area contributed by atoms with Crippen LogP contribution in [0.2, 0.25) is 0 Å². The van der Waals surface area contributed by atoms with Gasteiger partial charge in [-0.2, -0.15) is 0 Å². The van der Waals surface area contributed by atoms with Gasteiger partial charge in [-0.25, -0.2) is 0 Å². The number of benzene rings is 2. The molecule has 2 amide bonds. The van der Waals surface area contributed by atoms with Crippen LogP contribution in [-0.4, -0.2) is 43.5 Å². The number of carbonyl (C=O) groups is 2. The van der Waals surface area contributed by atoms with Crippen LogP contribution in [0.3, 0.4) is 0 Å². The van der Waals surface area contributed by atoms with Gasteiger partial charge in [-0.3, -0.25) is 14.5 Å². The average Bonchev–Trinajstić information content (AvgIpc) is 2.62. The Balaban J connectivity index is 1.86. The number of nitrogens with one attached hydrogen (secondary N) is 2. The molecule has 6 nitrogen and oxygen atoms in total. The van der Waals surface area contributed by atoms with Crippen molar-refractivity contribution >= 4 is 23.2 Å². The summed E-state index contributed by atoms with van der Waals surface area (Å²) in [6, 6.07) is 15.9. The Morgan fingerprint density at radius 1 is 1.00 bits per heavy atom. The molecule has 0 aliphatic heterocycles. The molecule has 0 aliphatic carbocycles. The average molecular weight is 341 g/mol. The van der Waals surface area contributed by atoms with Gasteiger partial charge in [0.15, 0.2) is 0 Å². The summed E-state index contributed by atoms with van der Waals surface area (Å²) >= 11 is 0. The lowest BCUT2D eigenvalue weighted by molar-refractivity contribution is -0.122. The van der Waals surface area contributed by atoms with Gasteiger partial charge in [0, 0.05) is 11.4 Å². The Bertz CT molecular complexity index is 702. The van der Waals surface area contributed by atoms with E-state index in [9.17, 15) is 9.59 Å². The summed E-state index contributed by atoms with van der Waals surface area (Å²) in [7, 11) is 3.33. The van der Waals surface area contributed by atoms with Crippen molar-refractivity contribution < 1.29 is 14.3 Å². The van der Waals surface area contributed by atoms with E-state index in [0.717, 1.165) is 11.4 Å². The lowest BCUT2D eigenvalue weighted by Crippen LogP contribution is -2.43. The van der Waals surface area contributed by atoms with Crippen LogP contribution >= 0.6 is 0 Å². The number of amides is 2. The standard InChI is InChI=1S/C19H23N3O3/c1-14(19(24)21-16-9-11-17(25-3)12-10-16)22(2)13-18(23)20-15-7-5-4-6-8-15/h4-12,14H,13H2,1-3H3,(H,20,23)(H,21,24). The summed E-state index contributed by atoms with van der Waals surface area (Å²) in [5.74, 6) is 0.374. The third kappa shape index (κ3) is 5.61. The molecule has 2 rings (SSSR count).